The number of hydrogen-bond acceptors (Lipinski definition) is 3. The Bertz CT molecular complexity index is 395. The predicted molar refractivity (Wildman–Crippen MR) is 64.0 cm³/mol. The van der Waals surface area contributed by atoms with Crippen molar-refractivity contribution >= 4 is 0 Å². The minimum atomic E-state index is -0.120. The fourth-order valence-corrected chi connectivity index (χ4v) is 2.50. The molecular weight excluding hydrogens is 202 g/mol. The van der Waals surface area contributed by atoms with E-state index in [1.165, 1.54) is 0 Å². The van der Waals surface area contributed by atoms with Crippen molar-refractivity contribution in [2.45, 2.75) is 32.2 Å². The minimum absolute atomic E-state index is 0.120. The van der Waals surface area contributed by atoms with E-state index in [1.807, 2.05) is 19.1 Å². The fourth-order valence-electron chi connectivity index (χ4n) is 2.50. The highest BCUT2D eigenvalue weighted by molar-refractivity contribution is 5.53. The van der Waals surface area contributed by atoms with E-state index >= 15 is 0 Å². The average Bonchev–Trinajstić information content (AvgIpc) is 2.66. The van der Waals surface area contributed by atoms with Gasteiger partial charge in [-0.05, 0) is 38.8 Å². The van der Waals surface area contributed by atoms with Crippen LogP contribution in [0.2, 0.25) is 0 Å². The number of hydrogen-bond donors (Lipinski definition) is 2. The molecule has 1 saturated heterocycles. The Hall–Kier alpha value is -1.22. The molecule has 2 rings (SSSR count). The summed E-state index contributed by atoms with van der Waals surface area (Å²) >= 11 is 0. The highest BCUT2D eigenvalue weighted by atomic mass is 16.5. The van der Waals surface area contributed by atoms with E-state index in [9.17, 15) is 5.11 Å². The van der Waals surface area contributed by atoms with Crippen LogP contribution in [0.15, 0.2) is 12.1 Å². The second-order valence-electron chi connectivity index (χ2n) is 4.67. The first-order valence-corrected chi connectivity index (χ1v) is 5.70. The molecular formula is C13H19NO2. The average molecular weight is 221 g/mol. The van der Waals surface area contributed by atoms with Crippen molar-refractivity contribution in [3.63, 3.8) is 0 Å². The maximum atomic E-state index is 10.2. The van der Waals surface area contributed by atoms with Crippen LogP contribution in [0.5, 0.6) is 11.5 Å². The molecule has 1 aliphatic rings. The van der Waals surface area contributed by atoms with Gasteiger partial charge >= 0.3 is 0 Å². The Morgan fingerprint density at radius 1 is 1.44 bits per heavy atom. The third kappa shape index (κ3) is 1.65. The number of aryl methyl sites for hydroxylation is 1. The lowest BCUT2D eigenvalue weighted by molar-refractivity contribution is 0.349. The summed E-state index contributed by atoms with van der Waals surface area (Å²) in [5.41, 5.74) is 1.78. The molecule has 1 aromatic rings. The van der Waals surface area contributed by atoms with Gasteiger partial charge in [0.25, 0.3) is 0 Å². The first-order valence-electron chi connectivity index (χ1n) is 5.70. The molecule has 1 aliphatic heterocycles. The molecule has 0 spiro atoms. The Morgan fingerprint density at radius 3 is 2.75 bits per heavy atom. The molecule has 1 atom stereocenters. The van der Waals surface area contributed by atoms with Gasteiger partial charge in [0, 0.05) is 11.1 Å². The van der Waals surface area contributed by atoms with Crippen LogP contribution >= 0.6 is 0 Å². The third-order valence-corrected chi connectivity index (χ3v) is 3.50. The molecule has 0 radical (unpaired) electrons. The number of phenolic OH excluding ortho intramolecular Hbond substituents is 1. The second-order valence-corrected chi connectivity index (χ2v) is 4.67. The molecule has 0 amide bonds. The maximum absolute atomic E-state index is 10.2. The summed E-state index contributed by atoms with van der Waals surface area (Å²) in [7, 11) is 1.59. The van der Waals surface area contributed by atoms with Crippen LogP contribution in [-0.2, 0) is 5.54 Å². The third-order valence-electron chi connectivity index (χ3n) is 3.50. The summed E-state index contributed by atoms with van der Waals surface area (Å²) in [6.45, 7) is 5.07. The molecule has 2 N–H and O–H groups in total. The van der Waals surface area contributed by atoms with Gasteiger partial charge in [-0.25, -0.2) is 0 Å². The molecule has 0 aliphatic carbocycles. The molecule has 16 heavy (non-hydrogen) atoms. The lowest BCUT2D eigenvalue weighted by atomic mass is 9.89. The van der Waals surface area contributed by atoms with Gasteiger partial charge in [-0.2, -0.15) is 0 Å². The monoisotopic (exact) mass is 221 g/mol. The van der Waals surface area contributed by atoms with E-state index in [0.717, 1.165) is 30.5 Å². The molecule has 0 bridgehead atoms. The molecule has 1 aromatic carbocycles. The van der Waals surface area contributed by atoms with E-state index in [4.69, 9.17) is 4.74 Å². The smallest absolute Gasteiger partial charge is 0.163 e. The Labute approximate surface area is 96.4 Å². The quantitative estimate of drug-likeness (QED) is 0.805. The predicted octanol–water partition coefficient (Wildman–Crippen LogP) is 2.31. The molecule has 1 fully saturated rings. The number of rotatable bonds is 2. The summed E-state index contributed by atoms with van der Waals surface area (Å²) in [6, 6.07) is 3.99. The van der Waals surface area contributed by atoms with Crippen molar-refractivity contribution in [1.29, 1.82) is 0 Å². The molecule has 3 nitrogen and oxygen atoms in total. The zero-order valence-electron chi connectivity index (χ0n) is 10.1. The summed E-state index contributed by atoms with van der Waals surface area (Å²) in [5.74, 6) is 0.867. The standard InChI is InChI=1S/C13H19NO2/c1-9-5-6-10(11(15)12(9)16-3)13(2)7-4-8-14-13/h5-6,14-15H,4,7-8H2,1-3H3. The van der Waals surface area contributed by atoms with E-state index in [2.05, 4.69) is 12.2 Å². The fraction of sp³-hybridized carbons (Fsp3) is 0.538. The number of aromatic hydroxyl groups is 1. The van der Waals surface area contributed by atoms with E-state index in [1.54, 1.807) is 7.11 Å². The van der Waals surface area contributed by atoms with Gasteiger partial charge in [0.05, 0.1) is 7.11 Å². The van der Waals surface area contributed by atoms with Gasteiger partial charge in [0.2, 0.25) is 0 Å². The number of methoxy groups -OCH3 is 1. The van der Waals surface area contributed by atoms with Crippen LogP contribution in [0.4, 0.5) is 0 Å². The van der Waals surface area contributed by atoms with Crippen LogP contribution in [0.25, 0.3) is 0 Å². The first-order chi connectivity index (χ1) is 7.58. The SMILES string of the molecule is COc1c(C)ccc(C2(C)CCCN2)c1O. The van der Waals surface area contributed by atoms with Crippen LogP contribution in [0, 0.1) is 6.92 Å². The van der Waals surface area contributed by atoms with Crippen molar-refractivity contribution < 1.29 is 9.84 Å². The lowest BCUT2D eigenvalue weighted by Crippen LogP contribution is -2.33. The number of benzene rings is 1. The first kappa shape index (κ1) is 11.3. The lowest BCUT2D eigenvalue weighted by Gasteiger charge is -2.27. The molecule has 1 unspecified atom stereocenters. The van der Waals surface area contributed by atoms with Crippen molar-refractivity contribution in [3.05, 3.63) is 23.3 Å². The summed E-state index contributed by atoms with van der Waals surface area (Å²) < 4.78 is 5.24. The zero-order valence-corrected chi connectivity index (χ0v) is 10.1. The van der Waals surface area contributed by atoms with Gasteiger partial charge < -0.3 is 15.2 Å². The second kappa shape index (κ2) is 3.98. The number of ether oxygens (including phenoxy) is 1. The Kier molecular flexibility index (Phi) is 2.80. The van der Waals surface area contributed by atoms with Gasteiger partial charge in [-0.15, -0.1) is 0 Å². The molecule has 88 valence electrons. The van der Waals surface area contributed by atoms with E-state index in [-0.39, 0.29) is 11.3 Å². The molecule has 0 aromatic heterocycles. The van der Waals surface area contributed by atoms with Gasteiger partial charge in [0.1, 0.15) is 0 Å². The topological polar surface area (TPSA) is 41.5 Å². The molecule has 1 heterocycles. The molecule has 3 heteroatoms. The minimum Gasteiger partial charge on any atom is -0.504 e. The van der Waals surface area contributed by atoms with Gasteiger partial charge in [-0.3, -0.25) is 0 Å². The zero-order chi connectivity index (χ0) is 11.8. The van der Waals surface area contributed by atoms with Crippen LogP contribution in [0.1, 0.15) is 30.9 Å². The van der Waals surface area contributed by atoms with Crippen molar-refractivity contribution in [1.82, 2.24) is 5.32 Å². The number of nitrogens with one attached hydrogen (secondary N) is 1. The largest absolute Gasteiger partial charge is 0.504 e. The maximum Gasteiger partial charge on any atom is 0.163 e. The highest BCUT2D eigenvalue weighted by Gasteiger charge is 2.33. The number of phenols is 1. The van der Waals surface area contributed by atoms with Crippen LogP contribution in [-0.4, -0.2) is 18.8 Å². The van der Waals surface area contributed by atoms with Crippen molar-refractivity contribution in [3.8, 4) is 11.5 Å². The van der Waals surface area contributed by atoms with Gasteiger partial charge in [0.15, 0.2) is 11.5 Å². The van der Waals surface area contributed by atoms with Crippen LogP contribution < -0.4 is 10.1 Å². The summed E-state index contributed by atoms with van der Waals surface area (Å²) in [5, 5.41) is 13.7. The van der Waals surface area contributed by atoms with Gasteiger partial charge in [-0.1, -0.05) is 12.1 Å². The summed E-state index contributed by atoms with van der Waals surface area (Å²) in [4.78, 5) is 0. The Morgan fingerprint density at radius 2 is 2.19 bits per heavy atom. The van der Waals surface area contributed by atoms with E-state index < -0.39 is 0 Å². The summed E-state index contributed by atoms with van der Waals surface area (Å²) in [6.07, 6.45) is 2.19. The Balaban J connectivity index is 2.49. The van der Waals surface area contributed by atoms with Crippen molar-refractivity contribution in [2.75, 3.05) is 13.7 Å². The van der Waals surface area contributed by atoms with Crippen LogP contribution in [0.3, 0.4) is 0 Å². The molecule has 0 saturated carbocycles. The van der Waals surface area contributed by atoms with E-state index in [0.29, 0.717) is 5.75 Å². The normalized spacial score (nSPS) is 24.7. The highest BCUT2D eigenvalue weighted by Crippen LogP contribution is 2.41. The van der Waals surface area contributed by atoms with Crippen molar-refractivity contribution in [2.24, 2.45) is 0 Å².